The molecule has 1 aliphatic heterocycles. The van der Waals surface area contributed by atoms with Gasteiger partial charge in [-0.1, -0.05) is 65.7 Å². The molecule has 4 rings (SSSR count). The van der Waals surface area contributed by atoms with E-state index in [1.807, 2.05) is 12.1 Å². The Morgan fingerprint density at radius 3 is 2.47 bits per heavy atom. The molecule has 1 heterocycles. The summed E-state index contributed by atoms with van der Waals surface area (Å²) < 4.78 is 5.41. The SMILES string of the molecule is N=C(C1CCC(c2ccccc2)CC1)C(Cc1cccc(Cl)c1Cl)C(=O)NCCCN1CCOCC1. The van der Waals surface area contributed by atoms with Crippen molar-refractivity contribution in [2.45, 2.75) is 44.4 Å². The smallest absolute Gasteiger partial charge is 0.229 e. The quantitative estimate of drug-likeness (QED) is 0.293. The second-order valence-corrected chi connectivity index (χ2v) is 10.8. The van der Waals surface area contributed by atoms with E-state index in [-0.39, 0.29) is 11.8 Å². The molecule has 1 amide bonds. The zero-order chi connectivity index (χ0) is 25.3. The molecule has 7 heteroatoms. The zero-order valence-corrected chi connectivity index (χ0v) is 22.4. The van der Waals surface area contributed by atoms with Crippen LogP contribution in [0.1, 0.15) is 49.1 Å². The number of ether oxygens (including phenoxy) is 1. The van der Waals surface area contributed by atoms with Crippen LogP contribution in [0.25, 0.3) is 0 Å². The van der Waals surface area contributed by atoms with E-state index in [1.165, 1.54) is 5.56 Å². The number of amides is 1. The Morgan fingerprint density at radius 2 is 1.75 bits per heavy atom. The van der Waals surface area contributed by atoms with Crippen molar-refractivity contribution in [2.75, 3.05) is 39.4 Å². The molecule has 2 N–H and O–H groups in total. The maximum atomic E-state index is 13.4. The van der Waals surface area contributed by atoms with Crippen LogP contribution >= 0.6 is 23.2 Å². The lowest BCUT2D eigenvalue weighted by Gasteiger charge is -2.32. The van der Waals surface area contributed by atoms with Crippen LogP contribution < -0.4 is 5.32 Å². The van der Waals surface area contributed by atoms with Crippen molar-refractivity contribution in [3.05, 3.63) is 69.7 Å². The highest BCUT2D eigenvalue weighted by atomic mass is 35.5. The van der Waals surface area contributed by atoms with E-state index in [0.29, 0.717) is 34.6 Å². The Hall–Kier alpha value is -1.92. The normalized spacial score (nSPS) is 21.6. The van der Waals surface area contributed by atoms with Crippen molar-refractivity contribution in [2.24, 2.45) is 11.8 Å². The number of hydrogen-bond donors (Lipinski definition) is 2. The van der Waals surface area contributed by atoms with Gasteiger partial charge in [-0.05, 0) is 74.1 Å². The molecule has 1 saturated heterocycles. The number of halogens is 2. The Labute approximate surface area is 225 Å². The highest BCUT2D eigenvalue weighted by molar-refractivity contribution is 6.42. The Bertz CT molecular complexity index is 1000. The first-order valence-electron chi connectivity index (χ1n) is 13.2. The number of benzene rings is 2. The standard InChI is InChI=1S/C29H37Cl2N3O2/c30-26-9-4-8-24(27(26)31)20-25(29(35)33-14-5-15-34-16-18-36-19-17-34)28(32)23-12-10-22(11-13-23)21-6-2-1-3-7-21/h1-4,6-9,22-23,25,32H,5,10-20H2,(H,33,35). The second kappa shape index (κ2) is 13.6. The van der Waals surface area contributed by atoms with E-state index in [2.05, 4.69) is 40.5 Å². The number of carbonyl (C=O) groups excluding carboxylic acids is 1. The molecule has 2 fully saturated rings. The lowest BCUT2D eigenvalue weighted by molar-refractivity contribution is -0.123. The van der Waals surface area contributed by atoms with Crippen molar-refractivity contribution in [3.63, 3.8) is 0 Å². The zero-order valence-electron chi connectivity index (χ0n) is 20.9. The van der Waals surface area contributed by atoms with E-state index in [1.54, 1.807) is 6.07 Å². The van der Waals surface area contributed by atoms with E-state index < -0.39 is 5.92 Å². The molecule has 2 aromatic rings. The maximum absolute atomic E-state index is 13.4. The summed E-state index contributed by atoms with van der Waals surface area (Å²) in [4.78, 5) is 15.8. The molecule has 2 aliphatic rings. The number of carbonyl (C=O) groups is 1. The van der Waals surface area contributed by atoms with E-state index in [0.717, 1.165) is 70.5 Å². The Morgan fingerprint density at radius 1 is 1.03 bits per heavy atom. The molecule has 5 nitrogen and oxygen atoms in total. The minimum Gasteiger partial charge on any atom is -0.379 e. The fourth-order valence-corrected chi connectivity index (χ4v) is 5.88. The van der Waals surface area contributed by atoms with E-state index in [4.69, 9.17) is 33.3 Å². The average molecular weight is 531 g/mol. The molecule has 2 aromatic carbocycles. The Balaban J connectivity index is 1.38. The molecule has 36 heavy (non-hydrogen) atoms. The molecular formula is C29H37Cl2N3O2. The molecule has 1 aliphatic carbocycles. The highest BCUT2D eigenvalue weighted by Crippen LogP contribution is 2.38. The van der Waals surface area contributed by atoms with Gasteiger partial charge in [0.25, 0.3) is 0 Å². The molecular weight excluding hydrogens is 493 g/mol. The van der Waals surface area contributed by atoms with Crippen molar-refractivity contribution < 1.29 is 9.53 Å². The molecule has 0 radical (unpaired) electrons. The largest absolute Gasteiger partial charge is 0.379 e. The molecule has 194 valence electrons. The summed E-state index contributed by atoms with van der Waals surface area (Å²) in [6, 6.07) is 16.2. The van der Waals surface area contributed by atoms with Crippen LogP contribution in [0.4, 0.5) is 0 Å². The first kappa shape index (κ1) is 27.1. The molecule has 0 bridgehead atoms. The summed E-state index contributed by atoms with van der Waals surface area (Å²) >= 11 is 12.7. The number of nitrogens with zero attached hydrogens (tertiary/aromatic N) is 1. The third-order valence-electron chi connectivity index (χ3n) is 7.64. The third-order valence-corrected chi connectivity index (χ3v) is 8.50. The molecule has 1 unspecified atom stereocenters. The van der Waals surface area contributed by atoms with Gasteiger partial charge in [0.15, 0.2) is 0 Å². The number of rotatable bonds is 10. The summed E-state index contributed by atoms with van der Waals surface area (Å²) in [6.45, 7) is 4.98. The number of nitrogens with one attached hydrogen (secondary N) is 2. The van der Waals surface area contributed by atoms with Gasteiger partial charge in [-0.15, -0.1) is 0 Å². The average Bonchev–Trinajstić information content (AvgIpc) is 2.92. The lowest BCUT2D eigenvalue weighted by Crippen LogP contribution is -2.41. The summed E-state index contributed by atoms with van der Waals surface area (Å²) in [7, 11) is 0. The van der Waals surface area contributed by atoms with Gasteiger partial charge in [-0.3, -0.25) is 9.69 Å². The first-order chi connectivity index (χ1) is 17.5. The van der Waals surface area contributed by atoms with Crippen LogP contribution in [0, 0.1) is 17.2 Å². The topological polar surface area (TPSA) is 65.4 Å². The summed E-state index contributed by atoms with van der Waals surface area (Å²) in [6.07, 6.45) is 5.23. The minimum absolute atomic E-state index is 0.0804. The van der Waals surface area contributed by atoms with Crippen LogP contribution in [-0.2, 0) is 16.0 Å². The van der Waals surface area contributed by atoms with Crippen molar-refractivity contribution in [1.82, 2.24) is 10.2 Å². The summed E-state index contributed by atoms with van der Waals surface area (Å²) in [5, 5.41) is 13.2. The summed E-state index contributed by atoms with van der Waals surface area (Å²) in [5.74, 6) is 0.0305. The second-order valence-electron chi connectivity index (χ2n) is 9.98. The lowest BCUT2D eigenvalue weighted by atomic mass is 9.73. The van der Waals surface area contributed by atoms with Crippen LogP contribution in [-0.4, -0.2) is 55.9 Å². The van der Waals surface area contributed by atoms with Gasteiger partial charge in [-0.25, -0.2) is 0 Å². The Kier molecular flexibility index (Phi) is 10.2. The molecule has 1 atom stereocenters. The highest BCUT2D eigenvalue weighted by Gasteiger charge is 2.33. The van der Waals surface area contributed by atoms with Gasteiger partial charge in [0.2, 0.25) is 5.91 Å². The van der Waals surface area contributed by atoms with Crippen molar-refractivity contribution in [3.8, 4) is 0 Å². The third kappa shape index (κ3) is 7.32. The maximum Gasteiger partial charge on any atom is 0.229 e. The van der Waals surface area contributed by atoms with Crippen molar-refractivity contribution in [1.29, 1.82) is 5.41 Å². The van der Waals surface area contributed by atoms with Crippen LogP contribution in [0.5, 0.6) is 0 Å². The van der Waals surface area contributed by atoms with Gasteiger partial charge in [0.1, 0.15) is 0 Å². The van der Waals surface area contributed by atoms with Gasteiger partial charge < -0.3 is 15.5 Å². The van der Waals surface area contributed by atoms with Gasteiger partial charge in [0.05, 0.1) is 29.2 Å². The number of morpholine rings is 1. The van der Waals surface area contributed by atoms with Crippen LogP contribution in [0.15, 0.2) is 48.5 Å². The first-order valence-corrected chi connectivity index (χ1v) is 13.9. The predicted octanol–water partition coefficient (Wildman–Crippen LogP) is 5.98. The van der Waals surface area contributed by atoms with Crippen LogP contribution in [0.2, 0.25) is 10.0 Å². The van der Waals surface area contributed by atoms with Gasteiger partial charge >= 0.3 is 0 Å². The molecule has 0 aromatic heterocycles. The predicted molar refractivity (Wildman–Crippen MR) is 147 cm³/mol. The van der Waals surface area contributed by atoms with Gasteiger partial charge in [0, 0.05) is 25.3 Å². The van der Waals surface area contributed by atoms with Gasteiger partial charge in [-0.2, -0.15) is 0 Å². The molecule has 1 saturated carbocycles. The minimum atomic E-state index is -0.539. The fraction of sp³-hybridized carbons (Fsp3) is 0.517. The fourth-order valence-electron chi connectivity index (χ4n) is 5.48. The summed E-state index contributed by atoms with van der Waals surface area (Å²) in [5.41, 5.74) is 2.73. The monoisotopic (exact) mass is 529 g/mol. The molecule has 0 spiro atoms. The number of hydrogen-bond acceptors (Lipinski definition) is 4. The van der Waals surface area contributed by atoms with E-state index >= 15 is 0 Å². The van der Waals surface area contributed by atoms with Crippen molar-refractivity contribution >= 4 is 34.8 Å². The van der Waals surface area contributed by atoms with E-state index in [9.17, 15) is 4.79 Å². The van der Waals surface area contributed by atoms with Crippen LogP contribution in [0.3, 0.4) is 0 Å².